The number of hydrogen-bond acceptors (Lipinski definition) is 3. The summed E-state index contributed by atoms with van der Waals surface area (Å²) < 4.78 is 29.3. The van der Waals surface area contributed by atoms with Crippen molar-refractivity contribution in [2.45, 2.75) is 37.6 Å². The van der Waals surface area contributed by atoms with Crippen LogP contribution >= 0.6 is 27.3 Å². The van der Waals surface area contributed by atoms with Crippen molar-refractivity contribution in [1.29, 1.82) is 0 Å². The topological polar surface area (TPSA) is 37.4 Å². The minimum absolute atomic E-state index is 0.0161. The molecule has 0 spiro atoms. The largest absolute Gasteiger partial charge is 0.264 e. The van der Waals surface area contributed by atoms with Crippen LogP contribution in [0.15, 0.2) is 63.3 Å². The number of sulfonamides is 1. The van der Waals surface area contributed by atoms with Crippen LogP contribution in [0.25, 0.3) is 10.4 Å². The maximum atomic E-state index is 13.4. The molecule has 140 valence electrons. The van der Waals surface area contributed by atoms with Gasteiger partial charge in [0.1, 0.15) is 0 Å². The first kappa shape index (κ1) is 18.7. The predicted molar refractivity (Wildman–Crippen MR) is 116 cm³/mol. The molecule has 0 saturated carbocycles. The van der Waals surface area contributed by atoms with Crippen molar-refractivity contribution in [1.82, 2.24) is 0 Å². The molecule has 1 aliphatic rings. The van der Waals surface area contributed by atoms with E-state index in [9.17, 15) is 8.42 Å². The van der Waals surface area contributed by atoms with Crippen molar-refractivity contribution in [3.8, 4) is 10.4 Å². The second-order valence-electron chi connectivity index (χ2n) is 7.71. The molecule has 0 atom stereocenters. The Labute approximate surface area is 172 Å². The molecule has 27 heavy (non-hydrogen) atoms. The van der Waals surface area contributed by atoms with Gasteiger partial charge in [0.05, 0.1) is 25.8 Å². The summed E-state index contributed by atoms with van der Waals surface area (Å²) in [5, 5.41) is 0. The van der Waals surface area contributed by atoms with Gasteiger partial charge in [0.15, 0.2) is 0 Å². The van der Waals surface area contributed by atoms with Gasteiger partial charge in [-0.3, -0.25) is 4.31 Å². The summed E-state index contributed by atoms with van der Waals surface area (Å²) in [6.45, 7) is 6.70. The maximum Gasteiger partial charge on any atom is 0.264 e. The number of nitrogens with zero attached hydrogens (tertiary/aromatic N) is 1. The molecule has 6 heteroatoms. The van der Waals surface area contributed by atoms with Crippen LogP contribution in [0.1, 0.15) is 31.9 Å². The lowest BCUT2D eigenvalue weighted by Crippen LogP contribution is -2.32. The highest BCUT2D eigenvalue weighted by molar-refractivity contribution is 9.11. The Morgan fingerprint density at radius 2 is 1.70 bits per heavy atom. The SMILES string of the molecule is CC(C)(C)c1ccc(S(=O)(=O)N2Cc3ccccc3-c3sc(Br)cc32)cc1. The molecule has 2 heterocycles. The molecule has 0 unspecified atom stereocenters. The molecular formula is C21H20BrNO2S2. The van der Waals surface area contributed by atoms with Gasteiger partial charge in [0, 0.05) is 0 Å². The van der Waals surface area contributed by atoms with Gasteiger partial charge >= 0.3 is 0 Å². The first-order chi connectivity index (χ1) is 12.7. The Morgan fingerprint density at radius 3 is 2.37 bits per heavy atom. The zero-order valence-corrected chi connectivity index (χ0v) is 18.6. The van der Waals surface area contributed by atoms with Crippen LogP contribution in [-0.4, -0.2) is 8.42 Å². The molecule has 0 aliphatic carbocycles. The van der Waals surface area contributed by atoms with Crippen molar-refractivity contribution in [2.75, 3.05) is 4.31 Å². The zero-order chi connectivity index (χ0) is 19.4. The number of benzene rings is 2. The number of rotatable bonds is 2. The molecule has 0 fully saturated rings. The highest BCUT2D eigenvalue weighted by atomic mass is 79.9. The van der Waals surface area contributed by atoms with Crippen LogP contribution in [0.3, 0.4) is 0 Å². The van der Waals surface area contributed by atoms with Crippen LogP contribution < -0.4 is 4.31 Å². The lowest BCUT2D eigenvalue weighted by Gasteiger charge is -2.30. The van der Waals surface area contributed by atoms with E-state index in [1.54, 1.807) is 23.5 Å². The zero-order valence-electron chi connectivity index (χ0n) is 15.4. The van der Waals surface area contributed by atoms with E-state index < -0.39 is 10.0 Å². The molecule has 0 amide bonds. The van der Waals surface area contributed by atoms with Crippen molar-refractivity contribution < 1.29 is 8.42 Å². The summed E-state index contributed by atoms with van der Waals surface area (Å²) in [6, 6.07) is 17.2. The quantitative estimate of drug-likeness (QED) is 0.456. The number of thiophene rings is 1. The molecule has 4 rings (SSSR count). The standard InChI is InChI=1S/C21H20BrNO2S2/c1-21(2,3)15-8-10-16(11-9-15)27(24,25)23-13-14-6-4-5-7-17(14)20-18(23)12-19(22)26-20/h4-12H,13H2,1-3H3. The monoisotopic (exact) mass is 461 g/mol. The van der Waals surface area contributed by atoms with Gasteiger partial charge in [0.25, 0.3) is 10.0 Å². The minimum Gasteiger partial charge on any atom is -0.260 e. The van der Waals surface area contributed by atoms with E-state index in [-0.39, 0.29) is 5.41 Å². The lowest BCUT2D eigenvalue weighted by molar-refractivity contribution is 0.584. The first-order valence-corrected chi connectivity index (χ1v) is 11.7. The summed E-state index contributed by atoms with van der Waals surface area (Å²) in [4.78, 5) is 1.31. The predicted octanol–water partition coefficient (Wildman–Crippen LogP) is 6.18. The fourth-order valence-electron chi connectivity index (χ4n) is 3.32. The Bertz CT molecular complexity index is 1110. The number of anilines is 1. The second kappa shape index (κ2) is 6.47. The Hall–Kier alpha value is -1.63. The highest BCUT2D eigenvalue weighted by Crippen LogP contribution is 2.48. The van der Waals surface area contributed by atoms with Crippen LogP contribution in [0.4, 0.5) is 5.69 Å². The van der Waals surface area contributed by atoms with Gasteiger partial charge < -0.3 is 0 Å². The third-order valence-electron chi connectivity index (χ3n) is 4.84. The lowest BCUT2D eigenvalue weighted by atomic mass is 9.87. The Balaban J connectivity index is 1.81. The summed E-state index contributed by atoms with van der Waals surface area (Å²) in [5.41, 5.74) is 3.97. The molecule has 3 nitrogen and oxygen atoms in total. The summed E-state index contributed by atoms with van der Waals surface area (Å²) in [6.07, 6.45) is 0. The van der Waals surface area contributed by atoms with E-state index in [2.05, 4.69) is 42.8 Å². The van der Waals surface area contributed by atoms with E-state index in [1.807, 2.05) is 36.4 Å². The molecule has 0 radical (unpaired) electrons. The van der Waals surface area contributed by atoms with Crippen molar-refractivity contribution in [2.24, 2.45) is 0 Å². The van der Waals surface area contributed by atoms with Gasteiger partial charge in [-0.05, 0) is 56.2 Å². The molecule has 0 bridgehead atoms. The molecule has 0 saturated heterocycles. The molecule has 0 N–H and O–H groups in total. The van der Waals surface area contributed by atoms with Crippen molar-refractivity contribution in [3.63, 3.8) is 0 Å². The third kappa shape index (κ3) is 3.24. The maximum absolute atomic E-state index is 13.4. The fraction of sp³-hybridized carbons (Fsp3) is 0.238. The van der Waals surface area contributed by atoms with Gasteiger partial charge in [-0.2, -0.15) is 0 Å². The molecular weight excluding hydrogens is 442 g/mol. The Kier molecular flexibility index (Phi) is 4.48. The van der Waals surface area contributed by atoms with Gasteiger partial charge in [-0.25, -0.2) is 8.42 Å². The second-order valence-corrected chi connectivity index (χ2v) is 12.0. The summed E-state index contributed by atoms with van der Waals surface area (Å²) in [5.74, 6) is 0. The highest BCUT2D eigenvalue weighted by Gasteiger charge is 2.33. The Morgan fingerprint density at radius 1 is 1.04 bits per heavy atom. The van der Waals surface area contributed by atoms with E-state index in [0.29, 0.717) is 11.4 Å². The third-order valence-corrected chi connectivity index (χ3v) is 8.27. The van der Waals surface area contributed by atoms with E-state index >= 15 is 0 Å². The van der Waals surface area contributed by atoms with Crippen molar-refractivity contribution in [3.05, 3.63) is 69.5 Å². The molecule has 1 aliphatic heterocycles. The van der Waals surface area contributed by atoms with Crippen LogP contribution in [0.2, 0.25) is 0 Å². The van der Waals surface area contributed by atoms with E-state index in [0.717, 1.165) is 31.0 Å². The van der Waals surface area contributed by atoms with E-state index in [4.69, 9.17) is 0 Å². The number of fused-ring (bicyclic) bond motifs is 3. The van der Waals surface area contributed by atoms with Gasteiger partial charge in [0.2, 0.25) is 0 Å². The normalized spacial score (nSPS) is 14.0. The van der Waals surface area contributed by atoms with E-state index in [1.165, 1.54) is 4.31 Å². The molecule has 1 aromatic heterocycles. The van der Waals surface area contributed by atoms with Crippen LogP contribution in [0.5, 0.6) is 0 Å². The first-order valence-electron chi connectivity index (χ1n) is 8.69. The van der Waals surface area contributed by atoms with Gasteiger partial charge in [-0.1, -0.05) is 57.2 Å². The smallest absolute Gasteiger partial charge is 0.260 e. The van der Waals surface area contributed by atoms with Gasteiger partial charge in [-0.15, -0.1) is 11.3 Å². The fourth-order valence-corrected chi connectivity index (χ4v) is 6.47. The average molecular weight is 462 g/mol. The molecule has 3 aromatic rings. The van der Waals surface area contributed by atoms with Crippen LogP contribution in [-0.2, 0) is 22.0 Å². The molecule has 2 aromatic carbocycles. The summed E-state index contributed by atoms with van der Waals surface area (Å²) in [7, 11) is -3.65. The summed E-state index contributed by atoms with van der Waals surface area (Å²) >= 11 is 5.09. The minimum atomic E-state index is -3.65. The number of halogens is 1. The number of hydrogen-bond donors (Lipinski definition) is 0. The van der Waals surface area contributed by atoms with Crippen molar-refractivity contribution >= 4 is 43.0 Å². The van der Waals surface area contributed by atoms with Crippen LogP contribution in [0, 0.1) is 0 Å². The average Bonchev–Trinajstić information content (AvgIpc) is 3.02.